The molecule has 0 spiro atoms. The van der Waals surface area contributed by atoms with Gasteiger partial charge in [-0.2, -0.15) is 0 Å². The summed E-state index contributed by atoms with van der Waals surface area (Å²) in [6.45, 7) is 0. The Hall–Kier alpha value is -13.7. The van der Waals surface area contributed by atoms with Crippen LogP contribution in [-0.4, -0.2) is 27.4 Å². The topological polar surface area (TPSA) is 29.6 Å². The molecule has 0 radical (unpaired) electrons. The molecule has 0 amide bonds. The number of aryl methyl sites for hydroxylation is 3. The molecule has 22 aromatic rings. The van der Waals surface area contributed by atoms with Crippen molar-refractivity contribution in [2.45, 2.75) is 0 Å². The van der Waals surface area contributed by atoms with E-state index in [9.17, 15) is 0 Å². The highest BCUT2D eigenvalue weighted by atomic mass is 15.0. The summed E-state index contributed by atoms with van der Waals surface area (Å²) in [5.74, 6) is 0. The monoisotopic (exact) mass is 1340 g/mol. The fourth-order valence-electron chi connectivity index (χ4n) is 16.9. The van der Waals surface area contributed by atoms with Gasteiger partial charge in [0.25, 0.3) is 0 Å². The van der Waals surface area contributed by atoms with Crippen LogP contribution in [0.4, 0.5) is 0 Å². The first-order valence-corrected chi connectivity index (χ1v) is 36.1. The maximum atomic E-state index is 2.42. The second-order valence-corrected chi connectivity index (χ2v) is 27.8. The maximum absolute atomic E-state index is 2.42. The minimum Gasteiger partial charge on any atom is -0.344 e. The van der Waals surface area contributed by atoms with Gasteiger partial charge in [0.05, 0.1) is 49.7 Å². The van der Waals surface area contributed by atoms with E-state index in [1.165, 1.54) is 192 Å². The van der Waals surface area contributed by atoms with E-state index in [1.54, 1.807) is 0 Å². The molecule has 6 heteroatoms. The quantitative estimate of drug-likeness (QED) is 0.152. The van der Waals surface area contributed by atoms with Gasteiger partial charge in [-0.05, 0) is 160 Å². The molecule has 0 saturated heterocycles. The first-order chi connectivity index (χ1) is 51.8. The van der Waals surface area contributed by atoms with Gasteiger partial charge in [-0.1, -0.05) is 255 Å². The van der Waals surface area contributed by atoms with Gasteiger partial charge in [0, 0.05) is 119 Å². The summed E-state index contributed by atoms with van der Waals surface area (Å²) < 4.78 is 14.1. The number of nitrogens with zero attached hydrogens (tertiary/aromatic N) is 6. The van der Waals surface area contributed by atoms with Gasteiger partial charge in [0.1, 0.15) is 0 Å². The Labute approximate surface area is 607 Å². The van der Waals surface area contributed by atoms with E-state index in [1.807, 2.05) is 0 Å². The Morgan fingerprint density at radius 2 is 0.333 bits per heavy atom. The van der Waals surface area contributed by atoms with E-state index in [2.05, 4.69) is 419 Å². The normalized spacial score (nSPS) is 11.8. The molecule has 22 rings (SSSR count). The molecule has 0 fully saturated rings. The predicted octanol–water partition coefficient (Wildman–Crippen LogP) is 26.0. The van der Waals surface area contributed by atoms with Gasteiger partial charge in [0.15, 0.2) is 0 Å². The third kappa shape index (κ3) is 10.1. The van der Waals surface area contributed by atoms with Crippen LogP contribution in [0.25, 0.3) is 192 Å². The van der Waals surface area contributed by atoms with E-state index in [-0.39, 0.29) is 0 Å². The first-order valence-electron chi connectivity index (χ1n) is 36.1. The Morgan fingerprint density at radius 1 is 0.133 bits per heavy atom. The zero-order chi connectivity index (χ0) is 69.8. The van der Waals surface area contributed by atoms with Gasteiger partial charge >= 0.3 is 0 Å². The van der Waals surface area contributed by atoms with Crippen LogP contribution in [0.3, 0.4) is 0 Å². The number of benzene rings is 16. The van der Waals surface area contributed by atoms with Crippen LogP contribution in [-0.2, 0) is 21.1 Å². The molecule has 0 aliphatic carbocycles. The van der Waals surface area contributed by atoms with Crippen molar-refractivity contribution >= 4 is 131 Å². The Bertz CT molecular complexity index is 7010. The molecule has 0 saturated carbocycles. The molecule has 496 valence electrons. The minimum atomic E-state index is 1.17. The fraction of sp³-hybridized carbons (Fsp3) is 0.0303. The summed E-state index contributed by atoms with van der Waals surface area (Å²) >= 11 is 0. The number of hydrogen-bond acceptors (Lipinski definition) is 0. The summed E-state index contributed by atoms with van der Waals surface area (Å²) in [6, 6.07) is 134. The number of para-hydroxylation sites is 5. The molecular weight excluding hydrogens is 1270 g/mol. The van der Waals surface area contributed by atoms with Crippen molar-refractivity contribution in [3.8, 4) is 61.6 Å². The fourth-order valence-corrected chi connectivity index (χ4v) is 16.9. The second kappa shape index (κ2) is 24.8. The molecule has 0 N–H and O–H groups in total. The van der Waals surface area contributed by atoms with Crippen LogP contribution < -0.4 is 0 Å². The van der Waals surface area contributed by atoms with E-state index < -0.39 is 0 Å². The average molecular weight is 1340 g/mol. The van der Waals surface area contributed by atoms with Crippen LogP contribution in [0.2, 0.25) is 0 Å². The lowest BCUT2D eigenvalue weighted by Gasteiger charge is -2.10. The van der Waals surface area contributed by atoms with Crippen LogP contribution >= 0.6 is 0 Å². The molecule has 0 aliphatic heterocycles. The smallest absolute Gasteiger partial charge is 0.0541 e. The van der Waals surface area contributed by atoms with E-state index in [0.29, 0.717) is 0 Å². The minimum absolute atomic E-state index is 1.17. The lowest BCUT2D eigenvalue weighted by Crippen LogP contribution is -1.95. The van der Waals surface area contributed by atoms with Crippen molar-refractivity contribution in [2.75, 3.05) is 0 Å². The van der Waals surface area contributed by atoms with Gasteiger partial charge in [-0.3, -0.25) is 0 Å². The van der Waals surface area contributed by atoms with Gasteiger partial charge in [-0.25, -0.2) is 0 Å². The summed E-state index contributed by atoms with van der Waals surface area (Å²) in [6.07, 6.45) is 0. The maximum Gasteiger partial charge on any atom is 0.0541 e. The van der Waals surface area contributed by atoms with Crippen molar-refractivity contribution in [1.82, 2.24) is 27.4 Å². The van der Waals surface area contributed by atoms with Crippen molar-refractivity contribution in [2.24, 2.45) is 21.1 Å². The van der Waals surface area contributed by atoms with Gasteiger partial charge < -0.3 is 27.4 Å². The third-order valence-electron chi connectivity index (χ3n) is 22.0. The van der Waals surface area contributed by atoms with Crippen LogP contribution in [0.5, 0.6) is 0 Å². The standard InChI is InChI=1S/C37H26N2.2C31H22N2/c1-38-34-15-9-8-14-30(34)31-19-18-29(24-37(31)38)39-35-20-16-27(25-10-4-2-5-11-25)22-32(35)33-23-28(17-21-36(33)39)26-12-6-3-7-13-26;1-32-28-13-7-5-11-24(28)26-17-16-23(20-31(26)32)33-29-14-8-6-12-25(29)27-19-22(15-18-30(27)33)21-9-3-2-4-10-21;1-32-28-18-15-22(21-9-3-2-4-10-21)19-27(28)26-17-16-23(20-31(26)32)33-29-13-7-5-11-24(29)25-12-6-8-14-30(25)33/h2-24H,1H3;2*2-20H,1H3. The third-order valence-corrected chi connectivity index (χ3v) is 22.0. The van der Waals surface area contributed by atoms with Crippen LogP contribution in [0, 0.1) is 0 Å². The molecule has 6 aromatic heterocycles. The van der Waals surface area contributed by atoms with E-state index in [4.69, 9.17) is 0 Å². The van der Waals surface area contributed by atoms with Crippen molar-refractivity contribution in [1.29, 1.82) is 0 Å². The molecule has 0 unspecified atom stereocenters. The van der Waals surface area contributed by atoms with Gasteiger partial charge in [0.2, 0.25) is 0 Å². The molecule has 6 heterocycles. The lowest BCUT2D eigenvalue weighted by molar-refractivity contribution is 1.01. The summed E-state index contributed by atoms with van der Waals surface area (Å²) in [7, 11) is 6.49. The van der Waals surface area contributed by atoms with Crippen molar-refractivity contribution in [3.63, 3.8) is 0 Å². The highest BCUT2D eigenvalue weighted by Gasteiger charge is 2.21. The van der Waals surface area contributed by atoms with E-state index >= 15 is 0 Å². The van der Waals surface area contributed by atoms with Crippen molar-refractivity contribution in [3.05, 3.63) is 370 Å². The molecule has 105 heavy (non-hydrogen) atoms. The molecule has 0 aliphatic rings. The number of hydrogen-bond donors (Lipinski definition) is 0. The SMILES string of the molecule is Cn1c2ccc(-c3ccccc3)cc2c2ccc(-n3c4ccccc4c4ccccc43)cc21.Cn1c2ccccc2c2ccc(-n3c4ccc(-c5ccccc5)cc4c4cc(-c5ccccc5)ccc43)cc21.Cn1c2ccccc2c2ccc(-n3c4ccccc4c4cc(-c5ccccc5)ccc43)cc21. The number of aromatic nitrogens is 6. The summed E-state index contributed by atoms with van der Waals surface area (Å²) in [5.41, 5.74) is 28.4. The zero-order valence-electron chi connectivity index (χ0n) is 58.4. The predicted molar refractivity (Wildman–Crippen MR) is 446 cm³/mol. The van der Waals surface area contributed by atoms with Crippen LogP contribution in [0.1, 0.15) is 0 Å². The average Bonchev–Trinajstić information content (AvgIpc) is 1.58. The molecule has 6 nitrogen and oxygen atoms in total. The number of rotatable bonds is 7. The number of fused-ring (bicyclic) bond motifs is 18. The molecular formula is C99H70N6. The Morgan fingerprint density at radius 3 is 0.648 bits per heavy atom. The summed E-state index contributed by atoms with van der Waals surface area (Å²) in [5, 5.41) is 15.4. The lowest BCUT2D eigenvalue weighted by atomic mass is 10.0. The van der Waals surface area contributed by atoms with Gasteiger partial charge in [-0.15, -0.1) is 0 Å². The second-order valence-electron chi connectivity index (χ2n) is 27.8. The van der Waals surface area contributed by atoms with Crippen LogP contribution in [0.15, 0.2) is 370 Å². The molecule has 16 aromatic carbocycles. The highest BCUT2D eigenvalue weighted by Crippen LogP contribution is 2.42. The largest absolute Gasteiger partial charge is 0.344 e. The zero-order valence-corrected chi connectivity index (χ0v) is 58.4. The molecule has 0 bridgehead atoms. The molecule has 0 atom stereocenters. The Kier molecular flexibility index (Phi) is 14.5. The first kappa shape index (κ1) is 61.2. The highest BCUT2D eigenvalue weighted by molar-refractivity contribution is 6.16. The Balaban J connectivity index is 0.000000105. The van der Waals surface area contributed by atoms with E-state index in [0.717, 1.165) is 0 Å². The van der Waals surface area contributed by atoms with Crippen molar-refractivity contribution < 1.29 is 0 Å². The summed E-state index contributed by atoms with van der Waals surface area (Å²) in [4.78, 5) is 0.